The van der Waals surface area contributed by atoms with E-state index in [1.54, 1.807) is 0 Å². The molecule has 0 amide bonds. The van der Waals surface area contributed by atoms with Crippen molar-refractivity contribution in [3.63, 3.8) is 0 Å². The second-order valence-corrected chi connectivity index (χ2v) is 14.1. The quantitative estimate of drug-likeness (QED) is 0.204. The lowest BCUT2D eigenvalue weighted by molar-refractivity contribution is 0.355. The van der Waals surface area contributed by atoms with Crippen molar-refractivity contribution in [2.45, 2.75) is 50.4 Å². The first-order valence-corrected chi connectivity index (χ1v) is 17.4. The minimum atomic E-state index is 0.287. The summed E-state index contributed by atoms with van der Waals surface area (Å²) in [4.78, 5) is 14.3. The Bertz CT molecular complexity index is 1660. The van der Waals surface area contributed by atoms with E-state index in [-0.39, 0.29) is 11.8 Å². The van der Waals surface area contributed by atoms with E-state index >= 15 is 0 Å². The summed E-state index contributed by atoms with van der Waals surface area (Å²) < 4.78 is 0. The van der Waals surface area contributed by atoms with Crippen molar-refractivity contribution >= 4 is 23.2 Å². The van der Waals surface area contributed by atoms with Gasteiger partial charge in [-0.3, -0.25) is 9.97 Å². The van der Waals surface area contributed by atoms with Gasteiger partial charge in [-0.05, 0) is 122 Å². The number of aromatic nitrogens is 2. The summed E-state index contributed by atoms with van der Waals surface area (Å²) in [6.07, 6.45) is 15.0. The largest absolute Gasteiger partial charge is 0.302 e. The van der Waals surface area contributed by atoms with Crippen LogP contribution in [0.2, 0.25) is 10.0 Å². The summed E-state index contributed by atoms with van der Waals surface area (Å²) in [6.45, 7) is 4.29. The van der Waals surface area contributed by atoms with Gasteiger partial charge in [0.05, 0.1) is 11.4 Å². The SMILES string of the molecule is CN1CC=C(C2c3ccc(Cl)cc3CCc3cccnc32)CC1.CN1CC=C(C2c3ccc(Cl)cc3CCc3cccnc32)CC1. The molecule has 0 saturated heterocycles. The van der Waals surface area contributed by atoms with Crippen molar-refractivity contribution in [2.75, 3.05) is 40.3 Å². The first-order chi connectivity index (χ1) is 22.4. The Morgan fingerprint density at radius 3 is 1.41 bits per heavy atom. The number of hydrogen-bond donors (Lipinski definition) is 0. The molecule has 46 heavy (non-hydrogen) atoms. The van der Waals surface area contributed by atoms with Crippen molar-refractivity contribution in [1.29, 1.82) is 0 Å². The summed E-state index contributed by atoms with van der Waals surface area (Å²) in [7, 11) is 4.36. The summed E-state index contributed by atoms with van der Waals surface area (Å²) in [5.74, 6) is 0.573. The van der Waals surface area contributed by atoms with E-state index in [1.807, 2.05) is 24.5 Å². The van der Waals surface area contributed by atoms with Crippen LogP contribution in [0.3, 0.4) is 0 Å². The molecule has 0 saturated carbocycles. The van der Waals surface area contributed by atoms with Gasteiger partial charge in [0, 0.05) is 60.5 Å². The molecule has 0 fully saturated rings. The Hall–Kier alpha value is -3.28. The highest BCUT2D eigenvalue weighted by Crippen LogP contribution is 2.42. The predicted octanol–water partition coefficient (Wildman–Crippen LogP) is 8.45. The molecule has 2 aliphatic carbocycles. The molecule has 0 spiro atoms. The molecule has 2 aromatic carbocycles. The number of benzene rings is 2. The van der Waals surface area contributed by atoms with E-state index in [9.17, 15) is 0 Å². The number of pyridine rings is 2. The molecular weight excluding hydrogens is 607 g/mol. The van der Waals surface area contributed by atoms with Gasteiger partial charge in [-0.2, -0.15) is 0 Å². The van der Waals surface area contributed by atoms with Crippen LogP contribution < -0.4 is 0 Å². The number of halogens is 2. The Balaban J connectivity index is 0.000000147. The molecule has 0 radical (unpaired) electrons. The van der Waals surface area contributed by atoms with Crippen LogP contribution in [-0.2, 0) is 25.7 Å². The van der Waals surface area contributed by atoms with Crippen LogP contribution in [0.5, 0.6) is 0 Å². The molecule has 2 aliphatic heterocycles. The second-order valence-electron chi connectivity index (χ2n) is 13.2. The Morgan fingerprint density at radius 2 is 1.00 bits per heavy atom. The summed E-state index contributed by atoms with van der Waals surface area (Å²) in [5, 5.41) is 1.66. The van der Waals surface area contributed by atoms with Crippen molar-refractivity contribution in [1.82, 2.24) is 19.8 Å². The third kappa shape index (κ3) is 6.59. The predicted molar refractivity (Wildman–Crippen MR) is 190 cm³/mol. The summed E-state index contributed by atoms with van der Waals surface area (Å²) in [5.41, 5.74) is 13.8. The zero-order valence-electron chi connectivity index (χ0n) is 26.9. The van der Waals surface area contributed by atoms with Gasteiger partial charge in [-0.15, -0.1) is 0 Å². The third-order valence-electron chi connectivity index (χ3n) is 10.2. The smallest absolute Gasteiger partial charge is 0.0551 e. The van der Waals surface area contributed by atoms with Crippen LogP contribution in [0.15, 0.2) is 96.4 Å². The van der Waals surface area contributed by atoms with Crippen LogP contribution in [0.4, 0.5) is 0 Å². The molecule has 8 rings (SSSR count). The standard InChI is InChI=1S/2C20H21ClN2/c2*1-23-11-8-14(9-12-23)19-18-7-6-17(21)13-16(18)5-4-15-3-2-10-22-20(15)19/h2*2-3,6-8,10,13,19H,4-5,9,11-12H2,1H3. The highest BCUT2D eigenvalue weighted by molar-refractivity contribution is 6.31. The number of likely N-dealkylation sites (N-methyl/N-ethyl adjacent to an activating group) is 2. The number of rotatable bonds is 2. The highest BCUT2D eigenvalue weighted by Gasteiger charge is 2.30. The molecule has 4 nitrogen and oxygen atoms in total. The maximum Gasteiger partial charge on any atom is 0.0551 e. The molecule has 2 aromatic heterocycles. The summed E-state index contributed by atoms with van der Waals surface area (Å²) >= 11 is 12.5. The Labute approximate surface area is 283 Å². The molecule has 0 bridgehead atoms. The lowest BCUT2D eigenvalue weighted by Crippen LogP contribution is -2.26. The van der Waals surface area contributed by atoms with Crippen LogP contribution in [0.25, 0.3) is 0 Å². The van der Waals surface area contributed by atoms with E-state index in [0.717, 1.165) is 74.7 Å². The van der Waals surface area contributed by atoms with Crippen LogP contribution in [0, 0.1) is 0 Å². The van der Waals surface area contributed by atoms with Crippen molar-refractivity contribution in [2.24, 2.45) is 0 Å². The fourth-order valence-corrected chi connectivity index (χ4v) is 8.06. The average Bonchev–Trinajstić information content (AvgIpc) is 3.34. The Morgan fingerprint density at radius 1 is 0.565 bits per heavy atom. The molecule has 4 aromatic rings. The van der Waals surface area contributed by atoms with Gasteiger partial charge < -0.3 is 9.80 Å². The first-order valence-electron chi connectivity index (χ1n) is 16.6. The molecule has 4 heterocycles. The molecule has 236 valence electrons. The van der Waals surface area contributed by atoms with E-state index < -0.39 is 0 Å². The topological polar surface area (TPSA) is 32.3 Å². The van der Waals surface area contributed by atoms with E-state index in [4.69, 9.17) is 33.2 Å². The zero-order valence-corrected chi connectivity index (χ0v) is 28.4. The van der Waals surface area contributed by atoms with Gasteiger partial charge in [0.25, 0.3) is 0 Å². The number of fused-ring (bicyclic) bond motifs is 4. The molecule has 2 atom stereocenters. The average molecular weight is 650 g/mol. The molecular formula is C40H42Cl2N4. The highest BCUT2D eigenvalue weighted by atomic mass is 35.5. The maximum absolute atomic E-state index is 6.26. The van der Waals surface area contributed by atoms with Gasteiger partial charge in [-0.25, -0.2) is 0 Å². The van der Waals surface area contributed by atoms with Gasteiger partial charge in [0.2, 0.25) is 0 Å². The van der Waals surface area contributed by atoms with E-state index in [0.29, 0.717) is 0 Å². The number of aryl methyl sites for hydroxylation is 4. The minimum absolute atomic E-state index is 0.287. The van der Waals surface area contributed by atoms with Crippen molar-refractivity contribution in [3.05, 3.63) is 151 Å². The first kappa shape index (κ1) is 31.3. The maximum atomic E-state index is 6.26. The lowest BCUT2D eigenvalue weighted by atomic mass is 9.82. The fraction of sp³-hybridized carbons (Fsp3) is 0.350. The lowest BCUT2D eigenvalue weighted by Gasteiger charge is -2.28. The van der Waals surface area contributed by atoms with Crippen molar-refractivity contribution < 1.29 is 0 Å². The van der Waals surface area contributed by atoms with Crippen LogP contribution in [0.1, 0.15) is 69.4 Å². The molecule has 0 N–H and O–H groups in total. The minimum Gasteiger partial charge on any atom is -0.302 e. The van der Waals surface area contributed by atoms with Gasteiger partial charge in [-0.1, -0.05) is 70.8 Å². The number of hydrogen-bond acceptors (Lipinski definition) is 4. The van der Waals surface area contributed by atoms with Gasteiger partial charge in [0.15, 0.2) is 0 Å². The monoisotopic (exact) mass is 648 g/mol. The fourth-order valence-electron chi connectivity index (χ4n) is 7.67. The molecule has 4 aliphatic rings. The Kier molecular flexibility index (Phi) is 9.42. The van der Waals surface area contributed by atoms with Gasteiger partial charge in [0.1, 0.15) is 0 Å². The van der Waals surface area contributed by atoms with Crippen LogP contribution in [-0.4, -0.2) is 60.0 Å². The second kappa shape index (κ2) is 13.8. The van der Waals surface area contributed by atoms with E-state index in [2.05, 4.69) is 84.6 Å². The summed E-state index contributed by atoms with van der Waals surface area (Å²) in [6, 6.07) is 21.3. The normalized spacial score (nSPS) is 21.1. The molecule has 2 unspecified atom stereocenters. The zero-order chi connectivity index (χ0) is 31.6. The van der Waals surface area contributed by atoms with Crippen LogP contribution >= 0.6 is 23.2 Å². The van der Waals surface area contributed by atoms with Crippen molar-refractivity contribution in [3.8, 4) is 0 Å². The third-order valence-corrected chi connectivity index (χ3v) is 10.7. The number of nitrogens with zero attached hydrogens (tertiary/aromatic N) is 4. The molecule has 6 heteroatoms. The van der Waals surface area contributed by atoms with Gasteiger partial charge >= 0.3 is 0 Å². The van der Waals surface area contributed by atoms with E-state index in [1.165, 1.54) is 55.9 Å².